The third kappa shape index (κ3) is 2.11. The average Bonchev–Trinajstić information content (AvgIpc) is 2.39. The Labute approximate surface area is 95.7 Å². The van der Waals surface area contributed by atoms with Crippen molar-refractivity contribution >= 4 is 11.5 Å². The predicted molar refractivity (Wildman–Crippen MR) is 68.1 cm³/mol. The van der Waals surface area contributed by atoms with Gasteiger partial charge in [-0.1, -0.05) is 48.5 Å². The third-order valence-corrected chi connectivity index (χ3v) is 2.53. The molecule has 2 aromatic carbocycles. The molecule has 0 heterocycles. The van der Waals surface area contributed by atoms with Crippen molar-refractivity contribution < 1.29 is 0 Å². The number of nitrogens with zero attached hydrogens (tertiary/aromatic N) is 1. The summed E-state index contributed by atoms with van der Waals surface area (Å²) in [6.07, 6.45) is 0. The zero-order chi connectivity index (χ0) is 11.4. The van der Waals surface area contributed by atoms with E-state index in [9.17, 15) is 0 Å². The molecular weight excluding hydrogens is 196 g/mol. The lowest BCUT2D eigenvalue weighted by molar-refractivity contribution is 1.22. The van der Waals surface area contributed by atoms with Crippen LogP contribution in [-0.4, -0.2) is 12.9 Å². The first-order chi connectivity index (χ1) is 7.79. The highest BCUT2D eigenvalue weighted by atomic mass is 15.1. The highest BCUT2D eigenvalue weighted by Gasteiger charge is 2.07. The summed E-state index contributed by atoms with van der Waals surface area (Å²) in [5.41, 5.74) is 1.95. The second kappa shape index (κ2) is 4.62. The number of nitrogens with one attached hydrogen (secondary N) is 1. The Bertz CT molecular complexity index is 463. The van der Waals surface area contributed by atoms with E-state index in [4.69, 9.17) is 5.41 Å². The third-order valence-electron chi connectivity index (χ3n) is 2.53. The molecule has 0 aliphatic carbocycles. The molecule has 2 aromatic rings. The summed E-state index contributed by atoms with van der Waals surface area (Å²) in [4.78, 5) is 1.87. The van der Waals surface area contributed by atoms with Gasteiger partial charge in [-0.3, -0.25) is 5.41 Å². The van der Waals surface area contributed by atoms with Gasteiger partial charge in [0.15, 0.2) is 0 Å². The van der Waals surface area contributed by atoms with Crippen LogP contribution in [-0.2, 0) is 0 Å². The summed E-state index contributed by atoms with van der Waals surface area (Å²) in [7, 11) is 1.91. The zero-order valence-corrected chi connectivity index (χ0v) is 9.22. The minimum atomic E-state index is 0.506. The van der Waals surface area contributed by atoms with Crippen molar-refractivity contribution in [2.24, 2.45) is 0 Å². The van der Waals surface area contributed by atoms with Gasteiger partial charge in [0.05, 0.1) is 0 Å². The number of amidine groups is 1. The Morgan fingerprint density at radius 1 is 0.875 bits per heavy atom. The second-order valence-electron chi connectivity index (χ2n) is 3.61. The van der Waals surface area contributed by atoms with Crippen LogP contribution in [0.3, 0.4) is 0 Å². The SMILES string of the molecule is CN(C(=N)c1ccccc1)c1ccccc1. The van der Waals surface area contributed by atoms with E-state index in [0.717, 1.165) is 11.3 Å². The molecule has 0 aliphatic heterocycles. The molecule has 80 valence electrons. The maximum atomic E-state index is 8.10. The first-order valence-corrected chi connectivity index (χ1v) is 5.22. The Hall–Kier alpha value is -2.09. The van der Waals surface area contributed by atoms with Crippen molar-refractivity contribution in [1.82, 2.24) is 0 Å². The minimum absolute atomic E-state index is 0.506. The summed E-state index contributed by atoms with van der Waals surface area (Å²) < 4.78 is 0. The molecule has 0 radical (unpaired) electrons. The number of benzene rings is 2. The highest BCUT2D eigenvalue weighted by Crippen LogP contribution is 2.14. The maximum absolute atomic E-state index is 8.10. The van der Waals surface area contributed by atoms with Crippen molar-refractivity contribution in [2.75, 3.05) is 11.9 Å². The molecule has 0 saturated heterocycles. The standard InChI is InChI=1S/C14H14N2/c1-16(13-10-6-3-7-11-13)14(15)12-8-4-2-5-9-12/h2-11,15H,1H3. The molecule has 0 saturated carbocycles. The fraction of sp³-hybridized carbons (Fsp3) is 0.0714. The van der Waals surface area contributed by atoms with E-state index >= 15 is 0 Å². The van der Waals surface area contributed by atoms with Crippen LogP contribution >= 0.6 is 0 Å². The molecule has 0 atom stereocenters. The smallest absolute Gasteiger partial charge is 0.132 e. The van der Waals surface area contributed by atoms with Crippen molar-refractivity contribution in [3.63, 3.8) is 0 Å². The fourth-order valence-corrected chi connectivity index (χ4v) is 1.57. The Balaban J connectivity index is 2.24. The highest BCUT2D eigenvalue weighted by molar-refractivity contribution is 6.07. The van der Waals surface area contributed by atoms with Crippen LogP contribution in [0.25, 0.3) is 0 Å². The van der Waals surface area contributed by atoms with Crippen molar-refractivity contribution in [2.45, 2.75) is 0 Å². The van der Waals surface area contributed by atoms with Gasteiger partial charge in [0, 0.05) is 18.3 Å². The normalized spacial score (nSPS) is 9.81. The minimum Gasteiger partial charge on any atom is -0.329 e. The molecular formula is C14H14N2. The van der Waals surface area contributed by atoms with E-state index in [2.05, 4.69) is 0 Å². The van der Waals surface area contributed by atoms with Crippen LogP contribution in [0.5, 0.6) is 0 Å². The molecule has 2 rings (SSSR count). The summed E-state index contributed by atoms with van der Waals surface area (Å²) in [5, 5.41) is 8.10. The Kier molecular flexibility index (Phi) is 3.01. The lowest BCUT2D eigenvalue weighted by Crippen LogP contribution is -2.25. The van der Waals surface area contributed by atoms with Gasteiger partial charge in [-0.2, -0.15) is 0 Å². The van der Waals surface area contributed by atoms with Gasteiger partial charge in [0.1, 0.15) is 5.84 Å². The van der Waals surface area contributed by atoms with E-state index in [-0.39, 0.29) is 0 Å². The van der Waals surface area contributed by atoms with Crippen LogP contribution in [0.2, 0.25) is 0 Å². The average molecular weight is 210 g/mol. The summed E-state index contributed by atoms with van der Waals surface area (Å²) >= 11 is 0. The zero-order valence-electron chi connectivity index (χ0n) is 9.22. The lowest BCUT2D eigenvalue weighted by atomic mass is 10.2. The molecule has 2 heteroatoms. The first-order valence-electron chi connectivity index (χ1n) is 5.22. The summed E-state index contributed by atoms with van der Waals surface area (Å²) in [6, 6.07) is 19.7. The van der Waals surface area contributed by atoms with Crippen molar-refractivity contribution in [1.29, 1.82) is 5.41 Å². The molecule has 0 amide bonds. The van der Waals surface area contributed by atoms with Gasteiger partial charge in [0.25, 0.3) is 0 Å². The maximum Gasteiger partial charge on any atom is 0.132 e. The number of hydrogen-bond acceptors (Lipinski definition) is 1. The largest absolute Gasteiger partial charge is 0.329 e. The molecule has 2 nitrogen and oxygen atoms in total. The van der Waals surface area contributed by atoms with E-state index < -0.39 is 0 Å². The summed E-state index contributed by atoms with van der Waals surface area (Å²) in [5.74, 6) is 0.506. The molecule has 0 aliphatic rings. The van der Waals surface area contributed by atoms with Gasteiger partial charge < -0.3 is 4.90 Å². The van der Waals surface area contributed by atoms with Crippen LogP contribution in [0.4, 0.5) is 5.69 Å². The lowest BCUT2D eigenvalue weighted by Gasteiger charge is -2.20. The number of para-hydroxylation sites is 1. The Morgan fingerprint density at radius 3 is 1.94 bits per heavy atom. The second-order valence-corrected chi connectivity index (χ2v) is 3.61. The first kappa shape index (κ1) is 10.4. The van der Waals surface area contributed by atoms with Crippen LogP contribution in [0.15, 0.2) is 60.7 Å². The molecule has 0 bridgehead atoms. The number of rotatable bonds is 2. The quantitative estimate of drug-likeness (QED) is 0.598. The number of anilines is 1. The molecule has 0 fully saturated rings. The monoisotopic (exact) mass is 210 g/mol. The summed E-state index contributed by atoms with van der Waals surface area (Å²) in [6.45, 7) is 0. The van der Waals surface area contributed by atoms with Gasteiger partial charge in [-0.05, 0) is 12.1 Å². The molecule has 1 N–H and O–H groups in total. The van der Waals surface area contributed by atoms with Gasteiger partial charge in [0.2, 0.25) is 0 Å². The van der Waals surface area contributed by atoms with E-state index in [1.165, 1.54) is 0 Å². The topological polar surface area (TPSA) is 27.1 Å². The molecule has 0 spiro atoms. The predicted octanol–water partition coefficient (Wildman–Crippen LogP) is 3.15. The molecule has 0 unspecified atom stereocenters. The van der Waals surface area contributed by atoms with Gasteiger partial charge in [-0.25, -0.2) is 0 Å². The van der Waals surface area contributed by atoms with Crippen LogP contribution in [0, 0.1) is 5.41 Å². The molecule has 16 heavy (non-hydrogen) atoms. The van der Waals surface area contributed by atoms with Gasteiger partial charge >= 0.3 is 0 Å². The van der Waals surface area contributed by atoms with Crippen molar-refractivity contribution in [3.8, 4) is 0 Å². The van der Waals surface area contributed by atoms with Crippen LogP contribution < -0.4 is 4.90 Å². The van der Waals surface area contributed by atoms with E-state index in [1.54, 1.807) is 0 Å². The van der Waals surface area contributed by atoms with Crippen LogP contribution in [0.1, 0.15) is 5.56 Å². The van der Waals surface area contributed by atoms with Crippen molar-refractivity contribution in [3.05, 3.63) is 66.2 Å². The Morgan fingerprint density at radius 2 is 1.38 bits per heavy atom. The fourth-order valence-electron chi connectivity index (χ4n) is 1.57. The molecule has 0 aromatic heterocycles. The van der Waals surface area contributed by atoms with Gasteiger partial charge in [-0.15, -0.1) is 0 Å². The van der Waals surface area contributed by atoms with E-state index in [1.807, 2.05) is 72.6 Å². The van der Waals surface area contributed by atoms with E-state index in [0.29, 0.717) is 5.84 Å². The number of hydrogen-bond donors (Lipinski definition) is 1.